The number of aromatic nitrogens is 2. The molecule has 0 radical (unpaired) electrons. The molecule has 3 nitrogen and oxygen atoms in total. The van der Waals surface area contributed by atoms with E-state index < -0.39 is 0 Å². The van der Waals surface area contributed by atoms with Gasteiger partial charge in [0, 0.05) is 16.2 Å². The third-order valence-corrected chi connectivity index (χ3v) is 3.84. The van der Waals surface area contributed by atoms with Gasteiger partial charge in [-0.25, -0.2) is 4.98 Å². The van der Waals surface area contributed by atoms with Gasteiger partial charge in [0.1, 0.15) is 11.4 Å². The number of imidazole rings is 1. The Balaban J connectivity index is 2.26. The third kappa shape index (κ3) is 2.10. The van der Waals surface area contributed by atoms with Crippen LogP contribution in [0.3, 0.4) is 0 Å². The monoisotopic (exact) mass is 330 g/mol. The number of benzene rings is 1. The van der Waals surface area contributed by atoms with Gasteiger partial charge >= 0.3 is 0 Å². The molecule has 0 atom stereocenters. The molecule has 2 heterocycles. The first-order chi connectivity index (χ1) is 9.60. The van der Waals surface area contributed by atoms with Crippen LogP contribution < -0.4 is 4.74 Å². The number of methoxy groups -OCH3 is 1. The van der Waals surface area contributed by atoms with Crippen molar-refractivity contribution in [1.29, 1.82) is 0 Å². The lowest BCUT2D eigenvalue weighted by molar-refractivity contribution is 0.415. The molecule has 2 aromatic heterocycles. The molecule has 0 unspecified atom stereocenters. The second-order valence-electron chi connectivity index (χ2n) is 4.81. The van der Waals surface area contributed by atoms with Crippen molar-refractivity contribution < 1.29 is 4.74 Å². The van der Waals surface area contributed by atoms with E-state index in [1.165, 1.54) is 0 Å². The quantitative estimate of drug-likeness (QED) is 0.696. The highest BCUT2D eigenvalue weighted by Gasteiger charge is 2.13. The molecule has 0 fully saturated rings. The predicted molar refractivity (Wildman–Crippen MR) is 84.4 cm³/mol. The Morgan fingerprint density at radius 3 is 2.50 bits per heavy atom. The fourth-order valence-electron chi connectivity index (χ4n) is 2.48. The number of hydrogen-bond donors (Lipinski definition) is 0. The lowest BCUT2D eigenvalue weighted by Gasteiger charge is -2.06. The van der Waals surface area contributed by atoms with Crippen LogP contribution in [0.25, 0.3) is 16.9 Å². The molecule has 0 aliphatic carbocycles. The number of aryl methyl sites for hydroxylation is 2. The fraction of sp³-hybridized carbons (Fsp3) is 0.188. The van der Waals surface area contributed by atoms with E-state index in [0.717, 1.165) is 38.4 Å². The molecule has 102 valence electrons. The summed E-state index contributed by atoms with van der Waals surface area (Å²) in [5.41, 5.74) is 5.43. The highest BCUT2D eigenvalue weighted by molar-refractivity contribution is 9.10. The van der Waals surface area contributed by atoms with Crippen LogP contribution in [0, 0.1) is 13.8 Å². The molecule has 0 spiro atoms. The van der Waals surface area contributed by atoms with E-state index in [1.54, 1.807) is 7.11 Å². The Labute approximate surface area is 126 Å². The van der Waals surface area contributed by atoms with E-state index in [2.05, 4.69) is 56.6 Å². The van der Waals surface area contributed by atoms with Gasteiger partial charge in [0.05, 0.1) is 18.5 Å². The Morgan fingerprint density at radius 1 is 1.15 bits per heavy atom. The minimum absolute atomic E-state index is 0.859. The van der Waals surface area contributed by atoms with Crippen molar-refractivity contribution in [2.45, 2.75) is 13.8 Å². The van der Waals surface area contributed by atoms with E-state index in [1.807, 2.05) is 19.1 Å². The number of halogens is 1. The van der Waals surface area contributed by atoms with E-state index >= 15 is 0 Å². The maximum atomic E-state index is 5.21. The normalized spacial score (nSPS) is 11.0. The molecule has 1 aromatic carbocycles. The average Bonchev–Trinajstić information content (AvgIpc) is 2.76. The average molecular weight is 331 g/mol. The number of rotatable bonds is 2. The summed E-state index contributed by atoms with van der Waals surface area (Å²) in [7, 11) is 1.68. The zero-order chi connectivity index (χ0) is 14.3. The van der Waals surface area contributed by atoms with Crippen molar-refractivity contribution in [2.75, 3.05) is 7.11 Å². The molecular formula is C16H15BrN2O. The van der Waals surface area contributed by atoms with Crippen molar-refractivity contribution in [1.82, 2.24) is 9.38 Å². The summed E-state index contributed by atoms with van der Waals surface area (Å²) < 4.78 is 8.40. The number of pyridine rings is 1. The predicted octanol–water partition coefficient (Wildman–Crippen LogP) is 4.39. The van der Waals surface area contributed by atoms with Gasteiger partial charge in [-0.2, -0.15) is 0 Å². The van der Waals surface area contributed by atoms with Gasteiger partial charge in [0.2, 0.25) is 0 Å². The van der Waals surface area contributed by atoms with Crippen LogP contribution in [0.15, 0.2) is 41.0 Å². The maximum Gasteiger partial charge on any atom is 0.140 e. The van der Waals surface area contributed by atoms with E-state index in [-0.39, 0.29) is 0 Å². The summed E-state index contributed by atoms with van der Waals surface area (Å²) in [6.07, 6.45) is 2.06. The van der Waals surface area contributed by atoms with Crippen LogP contribution in [-0.4, -0.2) is 16.5 Å². The van der Waals surface area contributed by atoms with Gasteiger partial charge in [-0.1, -0.05) is 0 Å². The van der Waals surface area contributed by atoms with Crippen LogP contribution in [0.2, 0.25) is 0 Å². The Bertz CT molecular complexity index is 775. The lowest BCUT2D eigenvalue weighted by Crippen LogP contribution is -1.92. The molecular weight excluding hydrogens is 316 g/mol. The summed E-state index contributed by atoms with van der Waals surface area (Å²) in [6.45, 7) is 4.12. The van der Waals surface area contributed by atoms with Gasteiger partial charge < -0.3 is 4.74 Å². The number of fused-ring (bicyclic) bond motifs is 1. The van der Waals surface area contributed by atoms with Crippen LogP contribution in [0.4, 0.5) is 0 Å². The Morgan fingerprint density at radius 2 is 1.85 bits per heavy atom. The zero-order valence-corrected chi connectivity index (χ0v) is 13.2. The van der Waals surface area contributed by atoms with E-state index in [9.17, 15) is 0 Å². The van der Waals surface area contributed by atoms with Crippen LogP contribution >= 0.6 is 15.9 Å². The smallest absolute Gasteiger partial charge is 0.140 e. The highest BCUT2D eigenvalue weighted by Crippen LogP contribution is 2.29. The topological polar surface area (TPSA) is 26.5 Å². The second-order valence-corrected chi connectivity index (χ2v) is 5.72. The first-order valence-corrected chi connectivity index (χ1v) is 7.18. The van der Waals surface area contributed by atoms with Gasteiger partial charge in [0.15, 0.2) is 0 Å². The van der Waals surface area contributed by atoms with Crippen LogP contribution in [-0.2, 0) is 0 Å². The maximum absolute atomic E-state index is 5.21. The molecule has 0 saturated carbocycles. The largest absolute Gasteiger partial charge is 0.497 e. The lowest BCUT2D eigenvalue weighted by atomic mass is 10.1. The molecule has 0 aliphatic heterocycles. The first kappa shape index (κ1) is 13.2. The molecule has 0 aliphatic rings. The molecule has 0 amide bonds. The summed E-state index contributed by atoms with van der Waals surface area (Å²) in [4.78, 5) is 4.68. The SMILES string of the molecule is COc1ccc(-c2c(C)nc3c(C)cc(Br)cn23)cc1. The minimum atomic E-state index is 0.859. The number of hydrogen-bond acceptors (Lipinski definition) is 2. The van der Waals surface area contributed by atoms with Crippen molar-refractivity contribution in [3.8, 4) is 17.0 Å². The zero-order valence-electron chi connectivity index (χ0n) is 11.6. The minimum Gasteiger partial charge on any atom is -0.497 e. The van der Waals surface area contributed by atoms with Gasteiger partial charge in [-0.15, -0.1) is 0 Å². The second kappa shape index (κ2) is 4.94. The van der Waals surface area contributed by atoms with Gasteiger partial charge in [0.25, 0.3) is 0 Å². The van der Waals surface area contributed by atoms with Gasteiger partial charge in [-0.05, 0) is 65.7 Å². The summed E-state index contributed by atoms with van der Waals surface area (Å²) in [5.74, 6) is 0.859. The molecule has 20 heavy (non-hydrogen) atoms. The molecule has 3 aromatic rings. The standard InChI is InChI=1S/C16H15BrN2O/c1-10-8-13(17)9-19-15(11(2)18-16(10)19)12-4-6-14(20-3)7-5-12/h4-9H,1-3H3. The van der Waals surface area contributed by atoms with Crippen molar-refractivity contribution in [2.24, 2.45) is 0 Å². The van der Waals surface area contributed by atoms with Crippen molar-refractivity contribution in [3.63, 3.8) is 0 Å². The number of ether oxygens (including phenoxy) is 1. The third-order valence-electron chi connectivity index (χ3n) is 3.41. The van der Waals surface area contributed by atoms with Crippen molar-refractivity contribution in [3.05, 3.63) is 52.3 Å². The summed E-state index contributed by atoms with van der Waals surface area (Å²) >= 11 is 3.55. The summed E-state index contributed by atoms with van der Waals surface area (Å²) in [5, 5.41) is 0. The molecule has 0 saturated heterocycles. The Hall–Kier alpha value is -1.81. The Kier molecular flexibility index (Phi) is 3.26. The summed E-state index contributed by atoms with van der Waals surface area (Å²) in [6, 6.07) is 10.1. The fourth-order valence-corrected chi connectivity index (χ4v) is 3.03. The molecule has 3 rings (SSSR count). The van der Waals surface area contributed by atoms with E-state index in [4.69, 9.17) is 4.74 Å². The van der Waals surface area contributed by atoms with Crippen molar-refractivity contribution >= 4 is 21.6 Å². The van der Waals surface area contributed by atoms with Crippen LogP contribution in [0.1, 0.15) is 11.3 Å². The molecule has 4 heteroatoms. The van der Waals surface area contributed by atoms with Crippen LogP contribution in [0.5, 0.6) is 5.75 Å². The molecule has 0 N–H and O–H groups in total. The first-order valence-electron chi connectivity index (χ1n) is 6.39. The molecule has 0 bridgehead atoms. The van der Waals surface area contributed by atoms with E-state index in [0.29, 0.717) is 0 Å². The van der Waals surface area contributed by atoms with Gasteiger partial charge in [-0.3, -0.25) is 4.40 Å². The number of nitrogens with zero attached hydrogens (tertiary/aromatic N) is 2. The highest BCUT2D eigenvalue weighted by atomic mass is 79.9.